The van der Waals surface area contributed by atoms with E-state index in [0.29, 0.717) is 17.9 Å². The van der Waals surface area contributed by atoms with Gasteiger partial charge in [0.2, 0.25) is 0 Å². The van der Waals surface area contributed by atoms with Crippen molar-refractivity contribution in [1.29, 1.82) is 0 Å². The first kappa shape index (κ1) is 12.0. The molecule has 82 valence electrons. The number of carboxylic acid groups (broad SMARTS) is 1. The molecule has 3 nitrogen and oxygen atoms in total. The second-order valence-electron chi connectivity index (χ2n) is 3.52. The van der Waals surface area contributed by atoms with Gasteiger partial charge in [-0.1, -0.05) is 23.7 Å². The molecule has 0 bridgehead atoms. The van der Waals surface area contributed by atoms with Crippen LogP contribution in [-0.2, 0) is 11.2 Å². The van der Waals surface area contributed by atoms with E-state index in [2.05, 4.69) is 0 Å². The molecule has 15 heavy (non-hydrogen) atoms. The molecule has 0 aliphatic heterocycles. The number of rotatable bonds is 5. The molecule has 1 unspecified atom stereocenters. The molecule has 0 aromatic heterocycles. The number of benzene rings is 1. The third kappa shape index (κ3) is 4.81. The van der Waals surface area contributed by atoms with Crippen LogP contribution in [0.5, 0.6) is 0 Å². The van der Waals surface area contributed by atoms with Crippen molar-refractivity contribution >= 4 is 17.6 Å². The first-order chi connectivity index (χ1) is 7.08. The Balaban J connectivity index is 2.40. The van der Waals surface area contributed by atoms with Gasteiger partial charge >= 0.3 is 5.97 Å². The topological polar surface area (TPSA) is 63.3 Å². The molecule has 0 radical (unpaired) electrons. The van der Waals surface area contributed by atoms with E-state index in [1.54, 1.807) is 12.1 Å². The van der Waals surface area contributed by atoms with Crippen LogP contribution in [0.2, 0.25) is 5.02 Å². The first-order valence-corrected chi connectivity index (χ1v) is 5.17. The van der Waals surface area contributed by atoms with Crippen molar-refractivity contribution in [3.8, 4) is 0 Å². The zero-order chi connectivity index (χ0) is 11.3. The molecule has 0 saturated carbocycles. The van der Waals surface area contributed by atoms with Gasteiger partial charge in [0.05, 0.1) is 0 Å². The Hall–Kier alpha value is -1.06. The quantitative estimate of drug-likeness (QED) is 0.810. The maximum absolute atomic E-state index is 10.3. The summed E-state index contributed by atoms with van der Waals surface area (Å²) in [6.45, 7) is 0. The average Bonchev–Trinajstić information content (AvgIpc) is 2.19. The maximum atomic E-state index is 10.3. The van der Waals surface area contributed by atoms with Gasteiger partial charge in [0, 0.05) is 17.5 Å². The van der Waals surface area contributed by atoms with E-state index in [4.69, 9.17) is 22.4 Å². The molecule has 0 aliphatic rings. The van der Waals surface area contributed by atoms with Gasteiger partial charge in [0.15, 0.2) is 0 Å². The molecule has 0 heterocycles. The van der Waals surface area contributed by atoms with Crippen LogP contribution < -0.4 is 5.73 Å². The lowest BCUT2D eigenvalue weighted by Gasteiger charge is -2.09. The summed E-state index contributed by atoms with van der Waals surface area (Å²) < 4.78 is 0. The van der Waals surface area contributed by atoms with Crippen molar-refractivity contribution in [3.63, 3.8) is 0 Å². The Morgan fingerprint density at radius 3 is 2.53 bits per heavy atom. The van der Waals surface area contributed by atoms with Crippen LogP contribution in [0, 0.1) is 0 Å². The minimum Gasteiger partial charge on any atom is -0.481 e. The highest BCUT2D eigenvalue weighted by Crippen LogP contribution is 2.11. The Kier molecular flexibility index (Phi) is 4.59. The molecule has 1 atom stereocenters. The third-order valence-corrected chi connectivity index (χ3v) is 2.39. The summed E-state index contributed by atoms with van der Waals surface area (Å²) in [5, 5.41) is 9.18. The third-order valence-electron chi connectivity index (χ3n) is 2.14. The number of nitrogens with two attached hydrogens (primary N) is 1. The fraction of sp³-hybridized carbons (Fsp3) is 0.364. The van der Waals surface area contributed by atoms with Crippen molar-refractivity contribution < 1.29 is 9.90 Å². The fourth-order valence-corrected chi connectivity index (χ4v) is 1.46. The van der Waals surface area contributed by atoms with E-state index >= 15 is 0 Å². The summed E-state index contributed by atoms with van der Waals surface area (Å²) in [4.78, 5) is 10.3. The number of aliphatic carboxylic acids is 1. The van der Waals surface area contributed by atoms with Gasteiger partial charge in [0.25, 0.3) is 0 Å². The fourth-order valence-electron chi connectivity index (χ4n) is 1.33. The van der Waals surface area contributed by atoms with E-state index < -0.39 is 5.97 Å². The molecule has 1 aromatic rings. The highest BCUT2D eigenvalue weighted by molar-refractivity contribution is 6.30. The van der Waals surface area contributed by atoms with Crippen LogP contribution >= 0.6 is 11.6 Å². The lowest BCUT2D eigenvalue weighted by Crippen LogP contribution is -2.23. The number of hydrogen-bond acceptors (Lipinski definition) is 2. The molecule has 3 N–H and O–H groups in total. The normalized spacial score (nSPS) is 12.4. The Bertz CT molecular complexity index is 324. The number of carboxylic acids is 1. The van der Waals surface area contributed by atoms with E-state index in [1.807, 2.05) is 12.1 Å². The Morgan fingerprint density at radius 1 is 1.40 bits per heavy atom. The lowest BCUT2D eigenvalue weighted by atomic mass is 10.0. The molecular formula is C11H14ClNO2. The highest BCUT2D eigenvalue weighted by Gasteiger charge is 2.06. The van der Waals surface area contributed by atoms with Gasteiger partial charge in [-0.15, -0.1) is 0 Å². The predicted molar refractivity (Wildman–Crippen MR) is 60.0 cm³/mol. The average molecular weight is 228 g/mol. The largest absolute Gasteiger partial charge is 0.481 e. The smallest absolute Gasteiger partial charge is 0.303 e. The van der Waals surface area contributed by atoms with Gasteiger partial charge in [-0.2, -0.15) is 0 Å². The highest BCUT2D eigenvalue weighted by atomic mass is 35.5. The molecule has 0 spiro atoms. The molecule has 4 heteroatoms. The second kappa shape index (κ2) is 5.73. The van der Waals surface area contributed by atoms with Crippen molar-refractivity contribution in [2.24, 2.45) is 5.73 Å². The standard InChI is InChI=1S/C11H14ClNO2/c12-9-3-1-8(2-4-9)7-10(13)5-6-11(14)15/h1-4,10H,5-7,13H2,(H,14,15). The van der Waals surface area contributed by atoms with Crippen LogP contribution in [0.4, 0.5) is 0 Å². The van der Waals surface area contributed by atoms with Crippen LogP contribution in [0.1, 0.15) is 18.4 Å². The summed E-state index contributed by atoms with van der Waals surface area (Å²) in [6, 6.07) is 7.32. The zero-order valence-electron chi connectivity index (χ0n) is 8.32. The first-order valence-electron chi connectivity index (χ1n) is 4.80. The minimum atomic E-state index is -0.804. The predicted octanol–water partition coefficient (Wildman–Crippen LogP) is 2.07. The maximum Gasteiger partial charge on any atom is 0.303 e. The monoisotopic (exact) mass is 227 g/mol. The molecule has 1 rings (SSSR count). The van der Waals surface area contributed by atoms with E-state index in [1.165, 1.54) is 0 Å². The van der Waals surface area contributed by atoms with Crippen molar-refractivity contribution in [3.05, 3.63) is 34.9 Å². The summed E-state index contributed by atoms with van der Waals surface area (Å²) in [5.41, 5.74) is 6.88. The molecule has 0 amide bonds. The number of halogens is 1. The van der Waals surface area contributed by atoms with Crippen molar-refractivity contribution in [1.82, 2.24) is 0 Å². The summed E-state index contributed by atoms with van der Waals surface area (Å²) in [7, 11) is 0. The molecular weight excluding hydrogens is 214 g/mol. The van der Waals surface area contributed by atoms with Gasteiger partial charge in [-0.05, 0) is 30.5 Å². The second-order valence-corrected chi connectivity index (χ2v) is 3.96. The van der Waals surface area contributed by atoms with Gasteiger partial charge in [-0.3, -0.25) is 4.79 Å². The van der Waals surface area contributed by atoms with Crippen LogP contribution in [0.3, 0.4) is 0 Å². The summed E-state index contributed by atoms with van der Waals surface area (Å²) >= 11 is 5.74. The van der Waals surface area contributed by atoms with Gasteiger partial charge in [0.1, 0.15) is 0 Å². The molecule has 0 saturated heterocycles. The zero-order valence-corrected chi connectivity index (χ0v) is 9.07. The van der Waals surface area contributed by atoms with Crippen LogP contribution in [0.25, 0.3) is 0 Å². The van der Waals surface area contributed by atoms with E-state index in [0.717, 1.165) is 5.56 Å². The van der Waals surface area contributed by atoms with Gasteiger partial charge < -0.3 is 10.8 Å². The summed E-state index contributed by atoms with van der Waals surface area (Å²) in [5.74, 6) is -0.804. The lowest BCUT2D eigenvalue weighted by molar-refractivity contribution is -0.137. The Morgan fingerprint density at radius 2 is 2.00 bits per heavy atom. The molecule has 0 aliphatic carbocycles. The van der Waals surface area contributed by atoms with E-state index in [9.17, 15) is 4.79 Å². The van der Waals surface area contributed by atoms with Crippen molar-refractivity contribution in [2.45, 2.75) is 25.3 Å². The van der Waals surface area contributed by atoms with Crippen LogP contribution in [-0.4, -0.2) is 17.1 Å². The van der Waals surface area contributed by atoms with Crippen molar-refractivity contribution in [2.75, 3.05) is 0 Å². The number of carbonyl (C=O) groups is 1. The minimum absolute atomic E-state index is 0.109. The SMILES string of the molecule is NC(CCC(=O)O)Cc1ccc(Cl)cc1. The number of hydrogen-bond donors (Lipinski definition) is 2. The molecule has 1 aromatic carbocycles. The van der Waals surface area contributed by atoms with Gasteiger partial charge in [-0.25, -0.2) is 0 Å². The molecule has 0 fully saturated rings. The van der Waals surface area contributed by atoms with E-state index in [-0.39, 0.29) is 12.5 Å². The van der Waals surface area contributed by atoms with Crippen LogP contribution in [0.15, 0.2) is 24.3 Å². The summed E-state index contributed by atoms with van der Waals surface area (Å²) in [6.07, 6.45) is 1.30. The Labute approximate surface area is 93.9 Å².